The van der Waals surface area contributed by atoms with Crippen LogP contribution in [0.4, 0.5) is 11.4 Å². The number of carbonyl (C=O) groups excluding carboxylic acids is 1. The fourth-order valence-corrected chi connectivity index (χ4v) is 2.54. The maximum Gasteiger partial charge on any atom is 0.269 e. The standard InChI is InChI=1S/C17H16N2O5/c1-18(13-6-8-14(9-7-13)19(21)22)16(20)10-5-12-3-2-4-15-17(12)24-11-23-15/h2-4,6-9H,5,10-11H2,1H3. The first-order chi connectivity index (χ1) is 11.6. The van der Waals surface area contributed by atoms with Crippen molar-refractivity contribution in [1.29, 1.82) is 0 Å². The number of nitro groups is 1. The normalized spacial score (nSPS) is 12.0. The van der Waals surface area contributed by atoms with Crippen molar-refractivity contribution in [1.82, 2.24) is 0 Å². The van der Waals surface area contributed by atoms with E-state index < -0.39 is 4.92 Å². The third-order valence-electron chi connectivity index (χ3n) is 3.91. The van der Waals surface area contributed by atoms with E-state index in [-0.39, 0.29) is 18.4 Å². The number of fused-ring (bicyclic) bond motifs is 1. The summed E-state index contributed by atoms with van der Waals surface area (Å²) in [5.41, 5.74) is 1.54. The Kier molecular flexibility index (Phi) is 4.33. The van der Waals surface area contributed by atoms with E-state index in [1.807, 2.05) is 18.2 Å². The minimum absolute atomic E-state index is 0.00315. The number of anilines is 1. The van der Waals surface area contributed by atoms with E-state index in [1.165, 1.54) is 17.0 Å². The molecular formula is C17H16N2O5. The van der Waals surface area contributed by atoms with Crippen LogP contribution in [-0.4, -0.2) is 24.7 Å². The molecular weight excluding hydrogens is 312 g/mol. The fourth-order valence-electron chi connectivity index (χ4n) is 2.54. The van der Waals surface area contributed by atoms with Gasteiger partial charge < -0.3 is 14.4 Å². The molecule has 0 aromatic heterocycles. The Morgan fingerprint density at radius 2 is 1.96 bits per heavy atom. The molecule has 0 saturated carbocycles. The lowest BCUT2D eigenvalue weighted by molar-refractivity contribution is -0.384. The second-order valence-corrected chi connectivity index (χ2v) is 5.38. The van der Waals surface area contributed by atoms with E-state index in [2.05, 4.69) is 0 Å². The number of nitro benzene ring substituents is 1. The van der Waals surface area contributed by atoms with Gasteiger partial charge in [-0.25, -0.2) is 0 Å². The number of para-hydroxylation sites is 1. The van der Waals surface area contributed by atoms with E-state index in [0.29, 0.717) is 30.0 Å². The zero-order chi connectivity index (χ0) is 17.1. The van der Waals surface area contributed by atoms with Crippen LogP contribution in [0.15, 0.2) is 42.5 Å². The van der Waals surface area contributed by atoms with Gasteiger partial charge in [0, 0.05) is 31.3 Å². The predicted molar refractivity (Wildman–Crippen MR) is 87.4 cm³/mol. The molecule has 7 heteroatoms. The summed E-state index contributed by atoms with van der Waals surface area (Å²) in [5.74, 6) is 1.31. The summed E-state index contributed by atoms with van der Waals surface area (Å²) >= 11 is 0. The molecule has 0 fully saturated rings. The van der Waals surface area contributed by atoms with Gasteiger partial charge in [0.05, 0.1) is 4.92 Å². The lowest BCUT2D eigenvalue weighted by Crippen LogP contribution is -2.26. The summed E-state index contributed by atoms with van der Waals surface area (Å²) in [4.78, 5) is 24.0. The smallest absolute Gasteiger partial charge is 0.269 e. The van der Waals surface area contributed by atoms with Crippen LogP contribution in [0.3, 0.4) is 0 Å². The van der Waals surface area contributed by atoms with Crippen molar-refractivity contribution in [2.24, 2.45) is 0 Å². The second kappa shape index (κ2) is 6.57. The van der Waals surface area contributed by atoms with Crippen LogP contribution in [0, 0.1) is 10.1 Å². The summed E-state index contributed by atoms with van der Waals surface area (Å²) in [7, 11) is 1.65. The number of hydrogen-bond acceptors (Lipinski definition) is 5. The Labute approximate surface area is 138 Å². The maximum absolute atomic E-state index is 12.4. The van der Waals surface area contributed by atoms with Gasteiger partial charge in [-0.2, -0.15) is 0 Å². The Morgan fingerprint density at radius 1 is 1.21 bits per heavy atom. The van der Waals surface area contributed by atoms with Crippen molar-refractivity contribution < 1.29 is 19.2 Å². The molecule has 2 aromatic carbocycles. The molecule has 3 rings (SSSR count). The molecule has 1 aliphatic rings. The van der Waals surface area contributed by atoms with E-state index >= 15 is 0 Å². The molecule has 0 radical (unpaired) electrons. The van der Waals surface area contributed by atoms with Crippen LogP contribution in [0.2, 0.25) is 0 Å². The van der Waals surface area contributed by atoms with Gasteiger partial charge in [0.1, 0.15) is 0 Å². The fraction of sp³-hybridized carbons (Fsp3) is 0.235. The molecule has 0 spiro atoms. The molecule has 0 N–H and O–H groups in total. The molecule has 1 heterocycles. The molecule has 0 saturated heterocycles. The molecule has 1 aliphatic heterocycles. The summed E-state index contributed by atoms with van der Waals surface area (Å²) < 4.78 is 10.8. The number of benzene rings is 2. The largest absolute Gasteiger partial charge is 0.454 e. The molecule has 124 valence electrons. The average Bonchev–Trinajstić information content (AvgIpc) is 3.08. The summed E-state index contributed by atoms with van der Waals surface area (Å²) in [6.07, 6.45) is 0.829. The predicted octanol–water partition coefficient (Wildman–Crippen LogP) is 2.92. The molecule has 0 bridgehead atoms. The van der Waals surface area contributed by atoms with Gasteiger partial charge in [-0.3, -0.25) is 14.9 Å². The van der Waals surface area contributed by atoms with Crippen LogP contribution in [-0.2, 0) is 11.2 Å². The van der Waals surface area contributed by atoms with Gasteiger partial charge in [0.15, 0.2) is 11.5 Å². The third-order valence-corrected chi connectivity index (χ3v) is 3.91. The minimum Gasteiger partial charge on any atom is -0.454 e. The second-order valence-electron chi connectivity index (χ2n) is 5.38. The number of hydrogen-bond donors (Lipinski definition) is 0. The van der Waals surface area contributed by atoms with Crippen molar-refractivity contribution in [3.8, 4) is 11.5 Å². The Morgan fingerprint density at radius 3 is 2.67 bits per heavy atom. The van der Waals surface area contributed by atoms with Gasteiger partial charge in [-0.1, -0.05) is 12.1 Å². The van der Waals surface area contributed by atoms with Crippen molar-refractivity contribution in [2.75, 3.05) is 18.7 Å². The summed E-state index contributed by atoms with van der Waals surface area (Å²) in [6.45, 7) is 0.197. The highest BCUT2D eigenvalue weighted by Crippen LogP contribution is 2.36. The molecule has 0 atom stereocenters. The molecule has 7 nitrogen and oxygen atoms in total. The molecule has 1 amide bonds. The van der Waals surface area contributed by atoms with E-state index in [0.717, 1.165) is 5.56 Å². The monoisotopic (exact) mass is 328 g/mol. The quantitative estimate of drug-likeness (QED) is 0.622. The zero-order valence-corrected chi connectivity index (χ0v) is 13.1. The SMILES string of the molecule is CN(C(=O)CCc1cccc2c1OCO2)c1ccc([N+](=O)[O-])cc1. The third kappa shape index (κ3) is 3.15. The number of rotatable bonds is 5. The average molecular weight is 328 g/mol. The summed E-state index contributed by atoms with van der Waals surface area (Å²) in [5, 5.41) is 10.7. The van der Waals surface area contributed by atoms with E-state index in [4.69, 9.17) is 9.47 Å². The van der Waals surface area contributed by atoms with Crippen molar-refractivity contribution in [2.45, 2.75) is 12.8 Å². The van der Waals surface area contributed by atoms with Gasteiger partial charge in [0.2, 0.25) is 12.7 Å². The van der Waals surface area contributed by atoms with E-state index in [1.54, 1.807) is 19.2 Å². The van der Waals surface area contributed by atoms with E-state index in [9.17, 15) is 14.9 Å². The first-order valence-corrected chi connectivity index (χ1v) is 7.45. The van der Waals surface area contributed by atoms with Crippen LogP contribution >= 0.6 is 0 Å². The Balaban J connectivity index is 1.64. The number of nitrogens with zero attached hydrogens (tertiary/aromatic N) is 2. The first kappa shape index (κ1) is 15.8. The molecule has 0 unspecified atom stereocenters. The van der Waals surface area contributed by atoms with Gasteiger partial charge in [-0.15, -0.1) is 0 Å². The molecule has 2 aromatic rings. The van der Waals surface area contributed by atoms with Crippen LogP contribution in [0.25, 0.3) is 0 Å². The van der Waals surface area contributed by atoms with Gasteiger partial charge >= 0.3 is 0 Å². The zero-order valence-electron chi connectivity index (χ0n) is 13.1. The number of amides is 1. The number of non-ortho nitro benzene ring substituents is 1. The number of ether oxygens (including phenoxy) is 2. The highest BCUT2D eigenvalue weighted by molar-refractivity contribution is 5.93. The van der Waals surface area contributed by atoms with Crippen molar-refractivity contribution in [3.63, 3.8) is 0 Å². The Bertz CT molecular complexity index is 773. The van der Waals surface area contributed by atoms with Crippen molar-refractivity contribution >= 4 is 17.3 Å². The molecule has 0 aliphatic carbocycles. The highest BCUT2D eigenvalue weighted by Gasteiger charge is 2.19. The first-order valence-electron chi connectivity index (χ1n) is 7.45. The topological polar surface area (TPSA) is 81.9 Å². The highest BCUT2D eigenvalue weighted by atomic mass is 16.7. The minimum atomic E-state index is -0.469. The Hall–Kier alpha value is -3.09. The van der Waals surface area contributed by atoms with Crippen LogP contribution < -0.4 is 14.4 Å². The maximum atomic E-state index is 12.4. The van der Waals surface area contributed by atoms with Crippen LogP contribution in [0.1, 0.15) is 12.0 Å². The van der Waals surface area contributed by atoms with Gasteiger partial charge in [-0.05, 0) is 30.2 Å². The van der Waals surface area contributed by atoms with Gasteiger partial charge in [0.25, 0.3) is 5.69 Å². The lowest BCUT2D eigenvalue weighted by atomic mass is 10.1. The summed E-state index contributed by atoms with van der Waals surface area (Å²) in [6, 6.07) is 11.5. The lowest BCUT2D eigenvalue weighted by Gasteiger charge is -2.17. The number of aryl methyl sites for hydroxylation is 1. The van der Waals surface area contributed by atoms with Crippen LogP contribution in [0.5, 0.6) is 11.5 Å². The number of carbonyl (C=O) groups is 1. The molecule has 24 heavy (non-hydrogen) atoms. The van der Waals surface area contributed by atoms with Crippen molar-refractivity contribution in [3.05, 3.63) is 58.1 Å².